The molecule has 3 aromatic rings. The third kappa shape index (κ3) is 3.84. The van der Waals surface area contributed by atoms with Crippen LogP contribution in [0.15, 0.2) is 36.4 Å². The minimum atomic E-state index is -0.412. The molecule has 6 nitrogen and oxygen atoms in total. The zero-order chi connectivity index (χ0) is 23.2. The van der Waals surface area contributed by atoms with Gasteiger partial charge in [0, 0.05) is 30.4 Å². The van der Waals surface area contributed by atoms with Gasteiger partial charge in [-0.2, -0.15) is 0 Å². The number of hydrogen-bond acceptors (Lipinski definition) is 6. The second-order valence-corrected chi connectivity index (χ2v) is 8.53. The Balaban J connectivity index is 1.92. The first-order chi connectivity index (χ1) is 15.2. The number of aryl methyl sites for hydroxylation is 2. The van der Waals surface area contributed by atoms with E-state index >= 15 is 0 Å². The van der Waals surface area contributed by atoms with Crippen LogP contribution < -0.4 is 4.74 Å². The fourth-order valence-corrected chi connectivity index (χ4v) is 4.23. The van der Waals surface area contributed by atoms with E-state index in [1.54, 1.807) is 43.3 Å². The third-order valence-corrected chi connectivity index (χ3v) is 5.87. The number of Topliss-reactive ketones (excluding diaryl/α,β-unsaturated/α-hetero) is 1. The van der Waals surface area contributed by atoms with Gasteiger partial charge in [0.1, 0.15) is 40.4 Å². The first-order valence-corrected chi connectivity index (χ1v) is 10.5. The van der Waals surface area contributed by atoms with E-state index in [-0.39, 0.29) is 64.9 Å². The first kappa shape index (κ1) is 21.6. The molecular formula is C26H26O6. The highest BCUT2D eigenvalue weighted by molar-refractivity contribution is 6.04. The van der Waals surface area contributed by atoms with Crippen LogP contribution in [-0.4, -0.2) is 32.3 Å². The largest absolute Gasteiger partial charge is 0.508 e. The maximum atomic E-state index is 12.9. The van der Waals surface area contributed by atoms with Crippen molar-refractivity contribution in [3.63, 3.8) is 0 Å². The number of hydrogen-bond donors (Lipinski definition) is 4. The van der Waals surface area contributed by atoms with Gasteiger partial charge in [-0.25, -0.2) is 0 Å². The van der Waals surface area contributed by atoms with Gasteiger partial charge in [-0.05, 0) is 44.0 Å². The fourth-order valence-electron chi connectivity index (χ4n) is 4.23. The smallest absolute Gasteiger partial charge is 0.174 e. The lowest BCUT2D eigenvalue weighted by Crippen LogP contribution is -2.25. The summed E-state index contributed by atoms with van der Waals surface area (Å²) in [5.41, 5.74) is 3.40. The minimum Gasteiger partial charge on any atom is -0.508 e. The summed E-state index contributed by atoms with van der Waals surface area (Å²) in [5, 5.41) is 42.9. The van der Waals surface area contributed by atoms with Crippen molar-refractivity contribution in [1.82, 2.24) is 0 Å². The molecule has 0 radical (unpaired) electrons. The molecule has 1 aliphatic rings. The van der Waals surface area contributed by atoms with Crippen LogP contribution in [0.25, 0.3) is 0 Å². The molecule has 1 aliphatic heterocycles. The zero-order valence-electron chi connectivity index (χ0n) is 18.3. The lowest BCUT2D eigenvalue weighted by Gasteiger charge is -2.28. The summed E-state index contributed by atoms with van der Waals surface area (Å²) in [6.45, 7) is 5.52. The standard InChI is InChI=1S/C26H26O6/c1-13-4-6-20(27)16(8-13)11-18-24(30)19(12-17-9-14(2)5-7-21(17)28)26-23(25(18)31)22(29)10-15(3)32-26/h4-9,15,27-28,30-31H,10-12H2,1-3H3. The molecule has 32 heavy (non-hydrogen) atoms. The van der Waals surface area contributed by atoms with Crippen LogP contribution in [-0.2, 0) is 12.8 Å². The van der Waals surface area contributed by atoms with Gasteiger partial charge >= 0.3 is 0 Å². The summed E-state index contributed by atoms with van der Waals surface area (Å²) < 4.78 is 5.91. The number of phenols is 4. The number of benzene rings is 3. The average molecular weight is 434 g/mol. The van der Waals surface area contributed by atoms with Crippen LogP contribution >= 0.6 is 0 Å². The number of carbonyl (C=O) groups is 1. The zero-order valence-corrected chi connectivity index (χ0v) is 18.3. The molecular weight excluding hydrogens is 408 g/mol. The lowest BCUT2D eigenvalue weighted by atomic mass is 9.88. The SMILES string of the molecule is Cc1ccc(O)c(Cc2c(O)c(Cc3cc(C)ccc3O)c3c(c2O)C(=O)CC(C)O3)c1. The Morgan fingerprint density at radius 2 is 1.38 bits per heavy atom. The predicted octanol–water partition coefficient (Wildman–Crippen LogP) is 4.66. The highest BCUT2D eigenvalue weighted by Crippen LogP contribution is 2.48. The van der Waals surface area contributed by atoms with Crippen molar-refractivity contribution in [3.8, 4) is 28.7 Å². The van der Waals surface area contributed by atoms with Gasteiger partial charge in [-0.15, -0.1) is 0 Å². The Labute approximate surface area is 186 Å². The van der Waals surface area contributed by atoms with E-state index < -0.39 is 6.10 Å². The molecule has 166 valence electrons. The lowest BCUT2D eigenvalue weighted by molar-refractivity contribution is 0.0863. The van der Waals surface area contributed by atoms with Crippen molar-refractivity contribution >= 4 is 5.78 Å². The highest BCUT2D eigenvalue weighted by Gasteiger charge is 2.34. The molecule has 6 heteroatoms. The molecule has 0 aliphatic carbocycles. The van der Waals surface area contributed by atoms with Crippen LogP contribution in [0.5, 0.6) is 28.7 Å². The molecule has 4 N–H and O–H groups in total. The molecule has 0 saturated carbocycles. The second-order valence-electron chi connectivity index (χ2n) is 8.53. The molecule has 0 spiro atoms. The van der Waals surface area contributed by atoms with Crippen molar-refractivity contribution in [3.05, 3.63) is 75.3 Å². The normalized spacial score (nSPS) is 15.3. The molecule has 0 aromatic heterocycles. The van der Waals surface area contributed by atoms with E-state index in [0.29, 0.717) is 16.7 Å². The maximum Gasteiger partial charge on any atom is 0.174 e. The van der Waals surface area contributed by atoms with Crippen LogP contribution in [0.1, 0.15) is 57.1 Å². The molecule has 3 aromatic carbocycles. The number of ketones is 1. The average Bonchev–Trinajstić information content (AvgIpc) is 2.72. The van der Waals surface area contributed by atoms with E-state index in [0.717, 1.165) is 11.1 Å². The number of rotatable bonds is 4. The number of aromatic hydroxyl groups is 4. The quantitative estimate of drug-likeness (QED) is 0.476. The van der Waals surface area contributed by atoms with E-state index in [9.17, 15) is 25.2 Å². The van der Waals surface area contributed by atoms with E-state index in [4.69, 9.17) is 4.74 Å². The van der Waals surface area contributed by atoms with E-state index in [1.165, 1.54) is 0 Å². The molecule has 1 heterocycles. The number of fused-ring (bicyclic) bond motifs is 1. The molecule has 0 amide bonds. The summed E-state index contributed by atoms with van der Waals surface area (Å²) in [5.74, 6) is -0.605. The Kier molecular flexibility index (Phi) is 5.46. The van der Waals surface area contributed by atoms with Gasteiger partial charge in [0.15, 0.2) is 5.78 Å². The van der Waals surface area contributed by atoms with Crippen molar-refractivity contribution in [2.75, 3.05) is 0 Å². The van der Waals surface area contributed by atoms with Crippen molar-refractivity contribution in [1.29, 1.82) is 0 Å². The van der Waals surface area contributed by atoms with Crippen LogP contribution in [0, 0.1) is 13.8 Å². The summed E-state index contributed by atoms with van der Waals surface area (Å²) in [4.78, 5) is 12.9. The third-order valence-electron chi connectivity index (χ3n) is 5.87. The Morgan fingerprint density at radius 1 is 0.844 bits per heavy atom. The molecule has 0 bridgehead atoms. The minimum absolute atomic E-state index is 0.0219. The van der Waals surface area contributed by atoms with Crippen molar-refractivity contribution in [2.45, 2.75) is 46.1 Å². The van der Waals surface area contributed by atoms with Gasteiger partial charge in [0.25, 0.3) is 0 Å². The van der Waals surface area contributed by atoms with Crippen LogP contribution in [0.3, 0.4) is 0 Å². The summed E-state index contributed by atoms with van der Waals surface area (Å²) >= 11 is 0. The summed E-state index contributed by atoms with van der Waals surface area (Å²) in [6.07, 6.45) is -0.177. The predicted molar refractivity (Wildman–Crippen MR) is 120 cm³/mol. The van der Waals surface area contributed by atoms with Gasteiger partial charge in [-0.1, -0.05) is 35.4 Å². The Hall–Kier alpha value is -3.67. The molecule has 0 saturated heterocycles. The molecule has 0 fully saturated rings. The fraction of sp³-hybridized carbons (Fsp3) is 0.269. The van der Waals surface area contributed by atoms with E-state index in [1.807, 2.05) is 13.8 Å². The van der Waals surface area contributed by atoms with Crippen LogP contribution in [0.2, 0.25) is 0 Å². The van der Waals surface area contributed by atoms with Gasteiger partial charge in [0.2, 0.25) is 0 Å². The maximum absolute atomic E-state index is 12.9. The second kappa shape index (κ2) is 8.11. The summed E-state index contributed by atoms with van der Waals surface area (Å²) in [7, 11) is 0. The first-order valence-electron chi connectivity index (χ1n) is 10.5. The van der Waals surface area contributed by atoms with Crippen molar-refractivity contribution in [2.24, 2.45) is 0 Å². The Morgan fingerprint density at radius 3 is 1.94 bits per heavy atom. The van der Waals surface area contributed by atoms with Crippen molar-refractivity contribution < 1.29 is 30.0 Å². The highest BCUT2D eigenvalue weighted by atomic mass is 16.5. The number of carbonyl (C=O) groups excluding carboxylic acids is 1. The van der Waals surface area contributed by atoms with Gasteiger partial charge in [-0.3, -0.25) is 4.79 Å². The topological polar surface area (TPSA) is 107 Å². The Bertz CT molecular complexity index is 1230. The number of ether oxygens (including phenoxy) is 1. The molecule has 1 atom stereocenters. The molecule has 1 unspecified atom stereocenters. The van der Waals surface area contributed by atoms with Crippen LogP contribution in [0.4, 0.5) is 0 Å². The molecule has 4 rings (SSSR count). The summed E-state index contributed by atoms with van der Waals surface area (Å²) in [6, 6.07) is 10.2. The van der Waals surface area contributed by atoms with Gasteiger partial charge in [0.05, 0.1) is 0 Å². The van der Waals surface area contributed by atoms with E-state index in [2.05, 4.69) is 0 Å². The number of phenolic OH excluding ortho intramolecular Hbond substituents is 4. The van der Waals surface area contributed by atoms with Gasteiger partial charge < -0.3 is 25.2 Å². The monoisotopic (exact) mass is 434 g/mol.